The normalized spacial score (nSPS) is 17.9. The predicted molar refractivity (Wildman–Crippen MR) is 72.0 cm³/mol. The Balaban J connectivity index is 1.91. The Hall–Kier alpha value is -1.19. The van der Waals surface area contributed by atoms with E-state index >= 15 is 0 Å². The fraction of sp³-hybridized carbons (Fsp3) is 0.533. The van der Waals surface area contributed by atoms with Crippen LogP contribution in [0.4, 0.5) is 0 Å². The van der Waals surface area contributed by atoms with Crippen LogP contribution in [0.25, 0.3) is 0 Å². The molecule has 1 aliphatic rings. The van der Waals surface area contributed by atoms with Crippen molar-refractivity contribution >= 4 is 5.78 Å². The summed E-state index contributed by atoms with van der Waals surface area (Å²) in [6.45, 7) is 4.43. The average molecular weight is 247 g/mol. The Morgan fingerprint density at radius 2 is 2.00 bits per heavy atom. The molecule has 1 heterocycles. The van der Waals surface area contributed by atoms with Gasteiger partial charge in [0.25, 0.3) is 0 Å². The van der Waals surface area contributed by atoms with Crippen LogP contribution in [0.15, 0.2) is 24.3 Å². The smallest absolute Gasteiger partial charge is 0.177 e. The van der Waals surface area contributed by atoms with E-state index in [0.717, 1.165) is 37.1 Å². The number of aryl methyl sites for hydroxylation is 1. The molecule has 0 radical (unpaired) electrons. The van der Waals surface area contributed by atoms with Crippen molar-refractivity contribution < 1.29 is 9.53 Å². The first-order valence-electron chi connectivity index (χ1n) is 6.54. The highest BCUT2D eigenvalue weighted by Gasteiger charge is 2.21. The summed E-state index contributed by atoms with van der Waals surface area (Å²) in [6, 6.07) is 7.80. The largest absolute Gasteiger partial charge is 0.381 e. The van der Waals surface area contributed by atoms with Crippen LogP contribution in [0, 0.1) is 6.92 Å². The van der Waals surface area contributed by atoms with E-state index in [2.05, 4.69) is 4.90 Å². The molecule has 0 bridgehead atoms. The number of methoxy groups -OCH3 is 1. The molecule has 2 rings (SSSR count). The number of hydrogen-bond acceptors (Lipinski definition) is 3. The first-order chi connectivity index (χ1) is 8.70. The van der Waals surface area contributed by atoms with Crippen LogP contribution in [0.1, 0.15) is 28.8 Å². The van der Waals surface area contributed by atoms with Crippen molar-refractivity contribution in [3.63, 3.8) is 0 Å². The van der Waals surface area contributed by atoms with E-state index in [1.54, 1.807) is 7.11 Å². The SMILES string of the molecule is COC1CCN(CC(=O)c2ccccc2C)CC1. The molecule has 1 aliphatic heterocycles. The number of carbonyl (C=O) groups excluding carboxylic acids is 1. The summed E-state index contributed by atoms with van der Waals surface area (Å²) in [7, 11) is 1.76. The zero-order valence-electron chi connectivity index (χ0n) is 11.2. The third-order valence-electron chi connectivity index (χ3n) is 3.68. The highest BCUT2D eigenvalue weighted by molar-refractivity contribution is 5.98. The molecule has 0 N–H and O–H groups in total. The first kappa shape index (κ1) is 13.2. The van der Waals surface area contributed by atoms with E-state index in [9.17, 15) is 4.79 Å². The number of ether oxygens (including phenoxy) is 1. The van der Waals surface area contributed by atoms with Gasteiger partial charge >= 0.3 is 0 Å². The lowest BCUT2D eigenvalue weighted by Crippen LogP contribution is -2.39. The molecular formula is C15H21NO2. The third-order valence-corrected chi connectivity index (χ3v) is 3.68. The Labute approximate surface area is 109 Å². The van der Waals surface area contributed by atoms with Gasteiger partial charge in [0.05, 0.1) is 12.6 Å². The quantitative estimate of drug-likeness (QED) is 0.765. The number of nitrogens with zero attached hydrogens (tertiary/aromatic N) is 1. The summed E-state index contributed by atoms with van der Waals surface area (Å²) in [5.74, 6) is 0.226. The average Bonchev–Trinajstić information content (AvgIpc) is 2.40. The van der Waals surface area contributed by atoms with Crippen LogP contribution in [0.2, 0.25) is 0 Å². The van der Waals surface area contributed by atoms with E-state index < -0.39 is 0 Å². The lowest BCUT2D eigenvalue weighted by Gasteiger charge is -2.30. The van der Waals surface area contributed by atoms with E-state index in [1.165, 1.54) is 0 Å². The zero-order chi connectivity index (χ0) is 13.0. The number of rotatable bonds is 4. The van der Waals surface area contributed by atoms with Gasteiger partial charge in [-0.2, -0.15) is 0 Å². The van der Waals surface area contributed by atoms with Crippen molar-refractivity contribution in [3.05, 3.63) is 35.4 Å². The fourth-order valence-corrected chi connectivity index (χ4v) is 2.48. The fourth-order valence-electron chi connectivity index (χ4n) is 2.48. The Kier molecular flexibility index (Phi) is 4.50. The molecule has 0 unspecified atom stereocenters. The van der Waals surface area contributed by atoms with Crippen LogP contribution in [0.5, 0.6) is 0 Å². The van der Waals surface area contributed by atoms with E-state index in [1.807, 2.05) is 31.2 Å². The molecule has 1 aromatic carbocycles. The van der Waals surface area contributed by atoms with Crippen molar-refractivity contribution in [1.29, 1.82) is 0 Å². The standard InChI is InChI=1S/C15H21NO2/c1-12-5-3-4-6-14(12)15(17)11-16-9-7-13(18-2)8-10-16/h3-6,13H,7-11H2,1-2H3. The molecule has 3 nitrogen and oxygen atoms in total. The van der Waals surface area contributed by atoms with Gasteiger partial charge in [-0.3, -0.25) is 9.69 Å². The molecule has 1 aromatic rings. The van der Waals surface area contributed by atoms with Crippen LogP contribution < -0.4 is 0 Å². The maximum Gasteiger partial charge on any atom is 0.177 e. The van der Waals surface area contributed by atoms with Crippen LogP contribution in [-0.2, 0) is 4.74 Å². The minimum absolute atomic E-state index is 0.226. The van der Waals surface area contributed by atoms with Crippen molar-refractivity contribution in [2.24, 2.45) is 0 Å². The number of likely N-dealkylation sites (tertiary alicyclic amines) is 1. The van der Waals surface area contributed by atoms with E-state index in [0.29, 0.717) is 12.6 Å². The molecule has 0 amide bonds. The van der Waals surface area contributed by atoms with Crippen LogP contribution >= 0.6 is 0 Å². The molecule has 0 aromatic heterocycles. The maximum atomic E-state index is 12.2. The van der Waals surface area contributed by atoms with Gasteiger partial charge in [0.15, 0.2) is 5.78 Å². The van der Waals surface area contributed by atoms with Gasteiger partial charge in [-0.1, -0.05) is 24.3 Å². The van der Waals surface area contributed by atoms with Crippen molar-refractivity contribution in [1.82, 2.24) is 4.90 Å². The molecule has 98 valence electrons. The number of ketones is 1. The Morgan fingerprint density at radius 1 is 1.33 bits per heavy atom. The van der Waals surface area contributed by atoms with Gasteiger partial charge in [-0.25, -0.2) is 0 Å². The Bertz CT molecular complexity index is 409. The molecule has 18 heavy (non-hydrogen) atoms. The highest BCUT2D eigenvalue weighted by Crippen LogP contribution is 2.14. The second-order valence-corrected chi connectivity index (χ2v) is 4.95. The summed E-state index contributed by atoms with van der Waals surface area (Å²) >= 11 is 0. The molecular weight excluding hydrogens is 226 g/mol. The third kappa shape index (κ3) is 3.18. The molecule has 0 saturated carbocycles. The second kappa shape index (κ2) is 6.12. The van der Waals surface area contributed by atoms with Crippen molar-refractivity contribution in [2.45, 2.75) is 25.9 Å². The number of Topliss-reactive ketones (excluding diaryl/α,β-unsaturated/α-hetero) is 1. The monoisotopic (exact) mass is 247 g/mol. The van der Waals surface area contributed by atoms with Gasteiger partial charge in [-0.05, 0) is 25.3 Å². The molecule has 0 aliphatic carbocycles. The van der Waals surface area contributed by atoms with Gasteiger partial charge < -0.3 is 4.74 Å². The van der Waals surface area contributed by atoms with Crippen LogP contribution in [0.3, 0.4) is 0 Å². The van der Waals surface area contributed by atoms with Gasteiger partial charge in [-0.15, -0.1) is 0 Å². The first-order valence-corrected chi connectivity index (χ1v) is 6.54. The molecule has 0 atom stereocenters. The Morgan fingerprint density at radius 3 is 2.61 bits per heavy atom. The highest BCUT2D eigenvalue weighted by atomic mass is 16.5. The number of hydrogen-bond donors (Lipinski definition) is 0. The molecule has 0 spiro atoms. The molecule has 3 heteroatoms. The topological polar surface area (TPSA) is 29.5 Å². The number of benzene rings is 1. The summed E-state index contributed by atoms with van der Waals surface area (Å²) < 4.78 is 5.34. The van der Waals surface area contributed by atoms with E-state index in [-0.39, 0.29) is 5.78 Å². The summed E-state index contributed by atoms with van der Waals surface area (Å²) in [4.78, 5) is 14.4. The summed E-state index contributed by atoms with van der Waals surface area (Å²) in [6.07, 6.45) is 2.42. The summed E-state index contributed by atoms with van der Waals surface area (Å²) in [5.41, 5.74) is 1.92. The van der Waals surface area contributed by atoms with Gasteiger partial charge in [0.1, 0.15) is 0 Å². The van der Waals surface area contributed by atoms with Gasteiger partial charge in [0, 0.05) is 25.8 Å². The predicted octanol–water partition coefficient (Wildman–Crippen LogP) is 2.29. The molecule has 1 fully saturated rings. The van der Waals surface area contributed by atoms with Crippen molar-refractivity contribution in [3.8, 4) is 0 Å². The lowest BCUT2D eigenvalue weighted by atomic mass is 10.0. The number of piperidine rings is 1. The van der Waals surface area contributed by atoms with Crippen molar-refractivity contribution in [2.75, 3.05) is 26.7 Å². The second-order valence-electron chi connectivity index (χ2n) is 4.95. The minimum atomic E-state index is 0.226. The van der Waals surface area contributed by atoms with Crippen LogP contribution in [-0.4, -0.2) is 43.5 Å². The molecule has 1 saturated heterocycles. The zero-order valence-corrected chi connectivity index (χ0v) is 11.2. The maximum absolute atomic E-state index is 12.2. The van der Waals surface area contributed by atoms with E-state index in [4.69, 9.17) is 4.74 Å². The lowest BCUT2D eigenvalue weighted by molar-refractivity contribution is 0.0401. The number of carbonyl (C=O) groups is 1. The summed E-state index contributed by atoms with van der Waals surface area (Å²) in [5, 5.41) is 0. The van der Waals surface area contributed by atoms with Gasteiger partial charge in [0.2, 0.25) is 0 Å². The minimum Gasteiger partial charge on any atom is -0.381 e.